The van der Waals surface area contributed by atoms with Crippen LogP contribution in [-0.2, 0) is 6.42 Å². The Kier molecular flexibility index (Phi) is 5.85. The van der Waals surface area contributed by atoms with Crippen molar-refractivity contribution in [1.82, 2.24) is 14.9 Å². The number of nitrogens with two attached hydrogens (primary N) is 1. The van der Waals surface area contributed by atoms with E-state index in [0.29, 0.717) is 11.9 Å². The Balaban J connectivity index is 2.51. The summed E-state index contributed by atoms with van der Waals surface area (Å²) in [6.07, 6.45) is 3.52. The van der Waals surface area contributed by atoms with Crippen LogP contribution in [0.3, 0.4) is 0 Å². The molecule has 3 N–H and O–H groups in total. The molecule has 18 heavy (non-hydrogen) atoms. The second-order valence-electron chi connectivity index (χ2n) is 4.60. The van der Waals surface area contributed by atoms with Crippen LogP contribution < -0.4 is 11.1 Å². The summed E-state index contributed by atoms with van der Waals surface area (Å²) in [5.74, 6) is 1.44. The third kappa shape index (κ3) is 3.84. The summed E-state index contributed by atoms with van der Waals surface area (Å²) in [5, 5.41) is 3.34. The van der Waals surface area contributed by atoms with Gasteiger partial charge in [0, 0.05) is 24.7 Å². The highest BCUT2D eigenvalue weighted by Gasteiger charge is 2.08. The number of hydrogen-bond donors (Lipinski definition) is 2. The van der Waals surface area contributed by atoms with Crippen LogP contribution in [0.5, 0.6) is 0 Å². The molecule has 1 rings (SSSR count). The monoisotopic (exact) mass is 251 g/mol. The van der Waals surface area contributed by atoms with Gasteiger partial charge in [-0.3, -0.25) is 0 Å². The number of aromatic nitrogens is 2. The van der Waals surface area contributed by atoms with Gasteiger partial charge in [0.05, 0.1) is 0 Å². The summed E-state index contributed by atoms with van der Waals surface area (Å²) in [7, 11) is 2.14. The van der Waals surface area contributed by atoms with E-state index in [9.17, 15) is 0 Å². The van der Waals surface area contributed by atoms with Crippen LogP contribution in [0.15, 0.2) is 6.33 Å². The van der Waals surface area contributed by atoms with E-state index in [2.05, 4.69) is 48.0 Å². The fraction of sp³-hybridized carbons (Fsp3) is 0.692. The van der Waals surface area contributed by atoms with Gasteiger partial charge in [-0.05, 0) is 26.8 Å². The lowest BCUT2D eigenvalue weighted by molar-refractivity contribution is 0.261. The van der Waals surface area contributed by atoms with Gasteiger partial charge < -0.3 is 16.0 Å². The van der Waals surface area contributed by atoms with Crippen LogP contribution in [0.25, 0.3) is 0 Å². The van der Waals surface area contributed by atoms with Gasteiger partial charge in [0.2, 0.25) is 0 Å². The number of likely N-dealkylation sites (N-methyl/N-ethyl adjacent to an activating group) is 1. The molecule has 0 saturated heterocycles. The van der Waals surface area contributed by atoms with E-state index in [1.165, 1.54) is 6.33 Å². The van der Waals surface area contributed by atoms with Crippen LogP contribution in [0, 0.1) is 0 Å². The van der Waals surface area contributed by atoms with Crippen molar-refractivity contribution < 1.29 is 0 Å². The first kappa shape index (κ1) is 14.7. The highest BCUT2D eigenvalue weighted by Crippen LogP contribution is 2.17. The van der Waals surface area contributed by atoms with Gasteiger partial charge >= 0.3 is 0 Å². The summed E-state index contributed by atoms with van der Waals surface area (Å²) < 4.78 is 0. The molecule has 1 aromatic rings. The molecule has 0 aliphatic carbocycles. The van der Waals surface area contributed by atoms with E-state index in [1.807, 2.05) is 0 Å². The van der Waals surface area contributed by atoms with Gasteiger partial charge in [-0.1, -0.05) is 13.8 Å². The van der Waals surface area contributed by atoms with E-state index in [1.54, 1.807) is 0 Å². The minimum absolute atomic E-state index is 0.574. The number of hydrogen-bond acceptors (Lipinski definition) is 5. The fourth-order valence-electron chi connectivity index (χ4n) is 1.81. The smallest absolute Gasteiger partial charge is 0.134 e. The fourth-order valence-corrected chi connectivity index (χ4v) is 1.81. The van der Waals surface area contributed by atoms with E-state index in [-0.39, 0.29) is 0 Å². The molecule has 0 aliphatic rings. The second kappa shape index (κ2) is 7.16. The minimum atomic E-state index is 0.574. The van der Waals surface area contributed by atoms with Crippen LogP contribution in [-0.4, -0.2) is 41.0 Å². The summed E-state index contributed by atoms with van der Waals surface area (Å²) in [6.45, 7) is 8.35. The number of nitrogens with one attached hydrogen (secondary N) is 1. The predicted molar refractivity (Wildman–Crippen MR) is 76.7 cm³/mol. The lowest BCUT2D eigenvalue weighted by atomic mass is 10.2. The van der Waals surface area contributed by atoms with Crippen molar-refractivity contribution >= 4 is 11.6 Å². The lowest BCUT2D eigenvalue weighted by Crippen LogP contribution is -2.33. The molecule has 1 unspecified atom stereocenters. The van der Waals surface area contributed by atoms with Gasteiger partial charge in [-0.15, -0.1) is 0 Å². The molecule has 0 spiro atoms. The predicted octanol–water partition coefficient (Wildman–Crippen LogP) is 1.76. The topological polar surface area (TPSA) is 67.1 Å². The van der Waals surface area contributed by atoms with Crippen molar-refractivity contribution in [2.75, 3.05) is 31.2 Å². The van der Waals surface area contributed by atoms with Crippen LogP contribution in [0.4, 0.5) is 11.6 Å². The van der Waals surface area contributed by atoms with Crippen molar-refractivity contribution in [2.24, 2.45) is 0 Å². The molecule has 1 heterocycles. The van der Waals surface area contributed by atoms with E-state index in [0.717, 1.165) is 37.3 Å². The maximum Gasteiger partial charge on any atom is 0.134 e. The Morgan fingerprint density at radius 3 is 2.72 bits per heavy atom. The Hall–Kier alpha value is -1.36. The Morgan fingerprint density at radius 1 is 1.39 bits per heavy atom. The third-order valence-corrected chi connectivity index (χ3v) is 3.43. The zero-order valence-corrected chi connectivity index (χ0v) is 11.9. The van der Waals surface area contributed by atoms with Crippen molar-refractivity contribution in [3.05, 3.63) is 11.9 Å². The highest BCUT2D eigenvalue weighted by molar-refractivity contribution is 5.54. The maximum absolute atomic E-state index is 5.83. The van der Waals surface area contributed by atoms with Crippen molar-refractivity contribution in [1.29, 1.82) is 0 Å². The van der Waals surface area contributed by atoms with Gasteiger partial charge in [0.15, 0.2) is 0 Å². The normalized spacial score (nSPS) is 12.7. The molecular weight excluding hydrogens is 226 g/mol. The summed E-state index contributed by atoms with van der Waals surface area (Å²) >= 11 is 0. The Labute approximate surface area is 110 Å². The van der Waals surface area contributed by atoms with Gasteiger partial charge in [0.1, 0.15) is 18.0 Å². The summed E-state index contributed by atoms with van der Waals surface area (Å²) in [5.41, 5.74) is 6.84. The minimum Gasteiger partial charge on any atom is -0.383 e. The lowest BCUT2D eigenvalue weighted by Gasteiger charge is -2.23. The molecule has 0 aromatic carbocycles. The molecule has 1 atom stereocenters. The molecule has 0 fully saturated rings. The van der Waals surface area contributed by atoms with Gasteiger partial charge in [-0.2, -0.15) is 0 Å². The first-order chi connectivity index (χ1) is 8.60. The molecule has 102 valence electrons. The summed E-state index contributed by atoms with van der Waals surface area (Å²) in [6, 6.07) is 0.605. The third-order valence-electron chi connectivity index (χ3n) is 3.43. The zero-order valence-electron chi connectivity index (χ0n) is 11.9. The molecule has 1 aromatic heterocycles. The first-order valence-electron chi connectivity index (χ1n) is 6.63. The van der Waals surface area contributed by atoms with Crippen molar-refractivity contribution in [2.45, 2.75) is 39.7 Å². The second-order valence-corrected chi connectivity index (χ2v) is 4.60. The van der Waals surface area contributed by atoms with E-state index < -0.39 is 0 Å². The Bertz CT molecular complexity index is 366. The SMILES string of the molecule is CCc1c(N)ncnc1NCCN(C)C(C)CC. The molecule has 0 aliphatic heterocycles. The van der Waals surface area contributed by atoms with Gasteiger partial charge in [0.25, 0.3) is 0 Å². The van der Waals surface area contributed by atoms with Gasteiger partial charge in [-0.25, -0.2) is 9.97 Å². The molecule has 5 heteroatoms. The quantitative estimate of drug-likeness (QED) is 0.773. The largest absolute Gasteiger partial charge is 0.383 e. The van der Waals surface area contributed by atoms with Crippen molar-refractivity contribution in [3.63, 3.8) is 0 Å². The molecule has 0 bridgehead atoms. The molecule has 0 radical (unpaired) electrons. The maximum atomic E-state index is 5.83. The van der Waals surface area contributed by atoms with Crippen LogP contribution >= 0.6 is 0 Å². The number of anilines is 2. The average molecular weight is 251 g/mol. The molecular formula is C13H25N5. The summed E-state index contributed by atoms with van der Waals surface area (Å²) in [4.78, 5) is 10.6. The van der Waals surface area contributed by atoms with Crippen LogP contribution in [0.1, 0.15) is 32.8 Å². The van der Waals surface area contributed by atoms with Crippen LogP contribution in [0.2, 0.25) is 0 Å². The zero-order chi connectivity index (χ0) is 13.5. The highest BCUT2D eigenvalue weighted by atomic mass is 15.1. The number of nitrogen functional groups attached to an aromatic ring is 1. The molecule has 0 saturated carbocycles. The van der Waals surface area contributed by atoms with E-state index >= 15 is 0 Å². The number of rotatable bonds is 7. The standard InChI is InChI=1S/C13H25N5/c1-5-10(3)18(4)8-7-15-13-11(6-2)12(14)16-9-17-13/h9-10H,5-8H2,1-4H3,(H3,14,15,16,17). The first-order valence-corrected chi connectivity index (χ1v) is 6.63. The average Bonchev–Trinajstić information content (AvgIpc) is 2.37. The molecule has 0 amide bonds. The Morgan fingerprint density at radius 2 is 2.11 bits per heavy atom. The van der Waals surface area contributed by atoms with Crippen molar-refractivity contribution in [3.8, 4) is 0 Å². The van der Waals surface area contributed by atoms with E-state index in [4.69, 9.17) is 5.73 Å². The molecule has 5 nitrogen and oxygen atoms in total. The number of nitrogens with zero attached hydrogens (tertiary/aromatic N) is 3.